The lowest BCUT2D eigenvalue weighted by atomic mass is 10.1. The first kappa shape index (κ1) is 17.5. The van der Waals surface area contributed by atoms with Crippen LogP contribution in [0.4, 0.5) is 14.9 Å². The van der Waals surface area contributed by atoms with Crippen molar-refractivity contribution in [1.29, 1.82) is 5.26 Å². The number of carbonyl (C=O) groups excluding carboxylic acids is 1. The van der Waals surface area contributed by atoms with Gasteiger partial charge >= 0.3 is 6.03 Å². The lowest BCUT2D eigenvalue weighted by molar-refractivity contribution is 0.112. The van der Waals surface area contributed by atoms with E-state index in [1.165, 1.54) is 23.5 Å². The van der Waals surface area contributed by atoms with Gasteiger partial charge in [0.05, 0.1) is 17.3 Å². The van der Waals surface area contributed by atoms with Crippen LogP contribution in [0.2, 0.25) is 4.34 Å². The average Bonchev–Trinajstić information content (AvgIpc) is 3.02. The van der Waals surface area contributed by atoms with E-state index in [0.717, 1.165) is 6.07 Å². The predicted octanol–water partition coefficient (Wildman–Crippen LogP) is 4.49. The van der Waals surface area contributed by atoms with Crippen LogP contribution in [-0.2, 0) is 0 Å². The number of nitrogens with zero attached hydrogens (tertiary/aromatic N) is 2. The molecule has 0 spiro atoms. The van der Waals surface area contributed by atoms with E-state index < -0.39 is 5.82 Å². The number of anilines is 1. The molecule has 1 aliphatic rings. The summed E-state index contributed by atoms with van der Waals surface area (Å²) in [5, 5.41) is 13.3. The van der Waals surface area contributed by atoms with E-state index in [1.807, 2.05) is 11.4 Å². The number of nitrogens with one attached hydrogen (secondary N) is 1. The molecule has 8 heteroatoms. The molecule has 0 unspecified atom stereocenters. The van der Waals surface area contributed by atoms with E-state index in [0.29, 0.717) is 36.0 Å². The molecule has 0 atom stereocenters. The van der Waals surface area contributed by atoms with Gasteiger partial charge in [0.2, 0.25) is 0 Å². The lowest BCUT2D eigenvalue weighted by Crippen LogP contribution is -2.43. The van der Waals surface area contributed by atoms with Crippen molar-refractivity contribution in [3.8, 4) is 11.8 Å². The summed E-state index contributed by atoms with van der Waals surface area (Å²) in [7, 11) is 0. The third kappa shape index (κ3) is 4.21. The number of hydrogen-bond acceptors (Lipinski definition) is 4. The summed E-state index contributed by atoms with van der Waals surface area (Å²) < 4.78 is 20.1. The van der Waals surface area contributed by atoms with Gasteiger partial charge in [-0.15, -0.1) is 11.3 Å². The zero-order valence-corrected chi connectivity index (χ0v) is 14.7. The fourth-order valence-corrected chi connectivity index (χ4v) is 3.43. The Morgan fingerprint density at radius 3 is 2.76 bits per heavy atom. The van der Waals surface area contributed by atoms with Crippen molar-refractivity contribution in [2.45, 2.75) is 18.9 Å². The molecule has 0 bridgehead atoms. The highest BCUT2D eigenvalue weighted by molar-refractivity contribution is 7.15. The Balaban J connectivity index is 1.53. The van der Waals surface area contributed by atoms with Crippen molar-refractivity contribution < 1.29 is 13.9 Å². The van der Waals surface area contributed by atoms with E-state index in [-0.39, 0.29) is 23.4 Å². The van der Waals surface area contributed by atoms with Gasteiger partial charge in [-0.25, -0.2) is 9.18 Å². The molecule has 1 saturated heterocycles. The van der Waals surface area contributed by atoms with E-state index in [2.05, 4.69) is 5.32 Å². The molecule has 1 N–H and O–H groups in total. The van der Waals surface area contributed by atoms with Crippen LogP contribution in [0.5, 0.6) is 5.75 Å². The quantitative estimate of drug-likeness (QED) is 0.854. The molecular formula is C17H15ClFN3O2S. The topological polar surface area (TPSA) is 65.4 Å². The highest BCUT2D eigenvalue weighted by Gasteiger charge is 2.25. The number of ether oxygens (including phenoxy) is 1. The fourth-order valence-electron chi connectivity index (χ4n) is 2.60. The van der Waals surface area contributed by atoms with Crippen molar-refractivity contribution in [2.24, 2.45) is 0 Å². The molecule has 5 nitrogen and oxygen atoms in total. The molecule has 2 heterocycles. The number of benzene rings is 1. The summed E-state index contributed by atoms with van der Waals surface area (Å²) in [6.07, 6.45) is 1.03. The number of likely N-dealkylation sites (tertiary alicyclic amines) is 1. The standard InChI is InChI=1S/C17H15ClFN3O2S/c18-16-14(5-8-25-16)21-17(23)22-6-3-12(4-7-22)24-15-2-1-11(10-20)9-13(15)19/h1-2,5,8-9,12H,3-4,6-7H2,(H,21,23). The maximum Gasteiger partial charge on any atom is 0.321 e. The Kier molecular flexibility index (Phi) is 5.41. The van der Waals surface area contributed by atoms with Gasteiger partial charge in [-0.05, 0) is 29.6 Å². The second-order valence-corrected chi connectivity index (χ2v) is 7.12. The summed E-state index contributed by atoms with van der Waals surface area (Å²) in [6, 6.07) is 7.58. The predicted molar refractivity (Wildman–Crippen MR) is 94.7 cm³/mol. The normalized spacial score (nSPS) is 14.8. The minimum atomic E-state index is -0.550. The van der Waals surface area contributed by atoms with Gasteiger partial charge in [-0.2, -0.15) is 5.26 Å². The maximum atomic E-state index is 13.9. The zero-order chi connectivity index (χ0) is 17.8. The van der Waals surface area contributed by atoms with Crippen LogP contribution in [0.25, 0.3) is 0 Å². The van der Waals surface area contributed by atoms with Gasteiger partial charge in [0.25, 0.3) is 0 Å². The van der Waals surface area contributed by atoms with Crippen molar-refractivity contribution in [3.05, 3.63) is 45.4 Å². The third-order valence-electron chi connectivity index (χ3n) is 3.94. The number of rotatable bonds is 3. The third-order valence-corrected chi connectivity index (χ3v) is 5.11. The molecular weight excluding hydrogens is 365 g/mol. The zero-order valence-electron chi connectivity index (χ0n) is 13.2. The van der Waals surface area contributed by atoms with Crippen LogP contribution in [-0.4, -0.2) is 30.1 Å². The Morgan fingerprint density at radius 1 is 1.40 bits per heavy atom. The van der Waals surface area contributed by atoms with Crippen molar-refractivity contribution in [3.63, 3.8) is 0 Å². The van der Waals surface area contributed by atoms with Crippen LogP contribution in [0, 0.1) is 17.1 Å². The minimum absolute atomic E-state index is 0.131. The van der Waals surface area contributed by atoms with Gasteiger partial charge in [-0.3, -0.25) is 0 Å². The number of nitriles is 1. The molecule has 1 fully saturated rings. The number of carbonyl (C=O) groups is 1. The lowest BCUT2D eigenvalue weighted by Gasteiger charge is -2.32. The second-order valence-electron chi connectivity index (χ2n) is 5.60. The highest BCUT2D eigenvalue weighted by Crippen LogP contribution is 2.28. The summed E-state index contributed by atoms with van der Waals surface area (Å²) in [5.41, 5.74) is 0.859. The van der Waals surface area contributed by atoms with Crippen LogP contribution in [0.1, 0.15) is 18.4 Å². The van der Waals surface area contributed by atoms with Gasteiger partial charge in [0, 0.05) is 25.9 Å². The first-order chi connectivity index (χ1) is 12.1. The van der Waals surface area contributed by atoms with Crippen LogP contribution in [0.15, 0.2) is 29.6 Å². The number of halogens is 2. The van der Waals surface area contributed by atoms with Crippen molar-refractivity contribution in [1.82, 2.24) is 4.90 Å². The fraction of sp³-hybridized carbons (Fsp3) is 0.294. The Bertz CT molecular complexity index is 812. The van der Waals surface area contributed by atoms with Crippen LogP contribution < -0.4 is 10.1 Å². The van der Waals surface area contributed by atoms with Gasteiger partial charge in [0.1, 0.15) is 10.4 Å². The second kappa shape index (κ2) is 7.72. The van der Waals surface area contributed by atoms with Gasteiger partial charge < -0.3 is 15.0 Å². The molecule has 3 rings (SSSR count). The molecule has 0 radical (unpaired) electrons. The van der Waals surface area contributed by atoms with E-state index in [1.54, 1.807) is 11.0 Å². The summed E-state index contributed by atoms with van der Waals surface area (Å²) in [6.45, 7) is 1.02. The van der Waals surface area contributed by atoms with E-state index >= 15 is 0 Å². The number of thiophene rings is 1. The molecule has 2 aromatic rings. The van der Waals surface area contributed by atoms with Gasteiger partial charge in [-0.1, -0.05) is 11.6 Å². The molecule has 130 valence electrons. The number of amides is 2. The Hall–Kier alpha value is -2.30. The SMILES string of the molecule is N#Cc1ccc(OC2CCN(C(=O)Nc3ccsc3Cl)CC2)c(F)c1. The first-order valence-electron chi connectivity index (χ1n) is 7.72. The summed E-state index contributed by atoms with van der Waals surface area (Å²) >= 11 is 7.34. The number of urea groups is 1. The number of hydrogen-bond donors (Lipinski definition) is 1. The minimum Gasteiger partial charge on any atom is -0.487 e. The molecule has 1 aromatic carbocycles. The smallest absolute Gasteiger partial charge is 0.321 e. The van der Waals surface area contributed by atoms with Crippen LogP contribution >= 0.6 is 22.9 Å². The van der Waals surface area contributed by atoms with Crippen LogP contribution in [0.3, 0.4) is 0 Å². The molecule has 25 heavy (non-hydrogen) atoms. The molecule has 1 aliphatic heterocycles. The van der Waals surface area contributed by atoms with E-state index in [9.17, 15) is 9.18 Å². The van der Waals surface area contributed by atoms with Crippen molar-refractivity contribution >= 4 is 34.7 Å². The van der Waals surface area contributed by atoms with Gasteiger partial charge in [0.15, 0.2) is 11.6 Å². The summed E-state index contributed by atoms with van der Waals surface area (Å²) in [5.74, 6) is -0.418. The first-order valence-corrected chi connectivity index (χ1v) is 8.98. The van der Waals surface area contributed by atoms with Crippen molar-refractivity contribution in [2.75, 3.05) is 18.4 Å². The monoisotopic (exact) mass is 379 g/mol. The Labute approximate surface area is 153 Å². The molecule has 0 aliphatic carbocycles. The van der Waals surface area contributed by atoms with E-state index in [4.69, 9.17) is 21.6 Å². The summed E-state index contributed by atoms with van der Waals surface area (Å²) in [4.78, 5) is 13.9. The Morgan fingerprint density at radius 2 is 2.16 bits per heavy atom. The molecule has 2 amide bonds. The average molecular weight is 380 g/mol. The molecule has 1 aromatic heterocycles. The molecule has 0 saturated carbocycles. The maximum absolute atomic E-state index is 13.9. The number of piperidine rings is 1. The highest BCUT2D eigenvalue weighted by atomic mass is 35.5. The largest absolute Gasteiger partial charge is 0.487 e.